The van der Waals surface area contributed by atoms with Crippen LogP contribution in [0.25, 0.3) is 10.8 Å². The van der Waals surface area contributed by atoms with Crippen LogP contribution in [0.15, 0.2) is 59.6 Å². The number of ether oxygens (including phenoxy) is 1. The molecule has 3 aromatic carbocycles. The number of para-hydroxylation sites is 1. The van der Waals surface area contributed by atoms with Gasteiger partial charge in [-0.15, -0.1) is 0 Å². The Balaban J connectivity index is 2.01. The smallest absolute Gasteiger partial charge is 0.166 e. The van der Waals surface area contributed by atoms with Crippen molar-refractivity contribution in [1.29, 1.82) is 0 Å². The molecule has 4 heteroatoms. The minimum Gasteiger partial charge on any atom is -0.506 e. The molecule has 0 radical (unpaired) electrons. The van der Waals surface area contributed by atoms with E-state index in [-0.39, 0.29) is 11.5 Å². The first-order chi connectivity index (χ1) is 10.7. The monoisotopic (exact) mass is 293 g/mol. The van der Waals surface area contributed by atoms with E-state index in [4.69, 9.17) is 4.74 Å². The summed E-state index contributed by atoms with van der Waals surface area (Å²) in [5, 5.41) is 22.0. The molecule has 0 spiro atoms. The van der Waals surface area contributed by atoms with Gasteiger partial charge in [0.15, 0.2) is 11.5 Å². The average molecular weight is 293 g/mol. The molecule has 2 N–H and O–H groups in total. The minimum absolute atomic E-state index is 0.0222. The Morgan fingerprint density at radius 3 is 2.41 bits per heavy atom. The summed E-state index contributed by atoms with van der Waals surface area (Å²) in [6.45, 7) is 0. The Bertz CT molecular complexity index is 856. The molecule has 110 valence electrons. The molecular weight excluding hydrogens is 278 g/mol. The molecule has 0 saturated heterocycles. The number of phenolic OH excluding ortho intramolecular Hbond substituents is 2. The second-order valence-corrected chi connectivity index (χ2v) is 4.84. The number of aliphatic imine (C=N–C) groups is 1. The normalized spacial score (nSPS) is 11.1. The van der Waals surface area contributed by atoms with Gasteiger partial charge in [-0.1, -0.05) is 30.3 Å². The summed E-state index contributed by atoms with van der Waals surface area (Å²) in [6.07, 6.45) is 1.50. The van der Waals surface area contributed by atoms with E-state index in [2.05, 4.69) is 4.99 Å². The molecule has 0 amide bonds. The van der Waals surface area contributed by atoms with E-state index in [9.17, 15) is 10.2 Å². The number of phenols is 2. The van der Waals surface area contributed by atoms with Crippen molar-refractivity contribution in [1.82, 2.24) is 0 Å². The third-order valence-corrected chi connectivity index (χ3v) is 3.44. The van der Waals surface area contributed by atoms with Crippen molar-refractivity contribution in [3.8, 4) is 17.2 Å². The average Bonchev–Trinajstić information content (AvgIpc) is 2.54. The van der Waals surface area contributed by atoms with E-state index < -0.39 is 0 Å². The van der Waals surface area contributed by atoms with Crippen LogP contribution in [0.2, 0.25) is 0 Å². The summed E-state index contributed by atoms with van der Waals surface area (Å²) in [6, 6.07) is 16.4. The van der Waals surface area contributed by atoms with Gasteiger partial charge in [-0.3, -0.25) is 4.99 Å². The lowest BCUT2D eigenvalue weighted by atomic mass is 10.1. The van der Waals surface area contributed by atoms with Crippen molar-refractivity contribution in [2.75, 3.05) is 7.11 Å². The predicted octanol–water partition coefficient (Wildman–Crippen LogP) is 4.01. The van der Waals surface area contributed by atoms with Gasteiger partial charge in [0.05, 0.1) is 7.11 Å². The molecule has 0 aliphatic rings. The molecule has 0 aliphatic carbocycles. The van der Waals surface area contributed by atoms with Gasteiger partial charge < -0.3 is 14.9 Å². The Morgan fingerprint density at radius 2 is 1.68 bits per heavy atom. The number of aromatic hydroxyl groups is 2. The molecule has 0 bridgehead atoms. The van der Waals surface area contributed by atoms with Gasteiger partial charge in [0, 0.05) is 11.8 Å². The van der Waals surface area contributed by atoms with Crippen LogP contribution in [-0.2, 0) is 0 Å². The molecule has 0 aliphatic heterocycles. The van der Waals surface area contributed by atoms with Crippen molar-refractivity contribution in [2.45, 2.75) is 0 Å². The van der Waals surface area contributed by atoms with Gasteiger partial charge >= 0.3 is 0 Å². The van der Waals surface area contributed by atoms with Gasteiger partial charge in [-0.05, 0) is 35.0 Å². The topological polar surface area (TPSA) is 62.0 Å². The van der Waals surface area contributed by atoms with Crippen molar-refractivity contribution in [3.63, 3.8) is 0 Å². The number of nitrogens with zero attached hydrogens (tertiary/aromatic N) is 1. The lowest BCUT2D eigenvalue weighted by molar-refractivity contribution is 0.373. The van der Waals surface area contributed by atoms with Crippen LogP contribution in [0.3, 0.4) is 0 Å². The van der Waals surface area contributed by atoms with Crippen LogP contribution in [0.4, 0.5) is 5.69 Å². The molecule has 0 saturated carbocycles. The summed E-state index contributed by atoms with van der Waals surface area (Å²) < 4.78 is 5.06. The van der Waals surface area contributed by atoms with Crippen LogP contribution >= 0.6 is 0 Å². The Labute approximate surface area is 127 Å². The maximum absolute atomic E-state index is 10.1. The number of hydrogen-bond donors (Lipinski definition) is 2. The Kier molecular flexibility index (Phi) is 3.66. The molecule has 0 heterocycles. The summed E-state index contributed by atoms with van der Waals surface area (Å²) >= 11 is 0. The largest absolute Gasteiger partial charge is 0.506 e. The van der Waals surface area contributed by atoms with Crippen molar-refractivity contribution in [3.05, 3.63) is 60.2 Å². The van der Waals surface area contributed by atoms with Gasteiger partial charge in [0.25, 0.3) is 0 Å². The fourth-order valence-electron chi connectivity index (χ4n) is 2.27. The highest BCUT2D eigenvalue weighted by Gasteiger charge is 2.06. The van der Waals surface area contributed by atoms with Gasteiger partial charge in [0.2, 0.25) is 0 Å². The van der Waals surface area contributed by atoms with E-state index in [0.717, 1.165) is 10.8 Å². The van der Waals surface area contributed by atoms with Gasteiger partial charge in [-0.2, -0.15) is 0 Å². The fraction of sp³-hybridized carbons (Fsp3) is 0.0556. The third-order valence-electron chi connectivity index (χ3n) is 3.44. The lowest BCUT2D eigenvalue weighted by Gasteiger charge is -2.05. The Hall–Kier alpha value is -3.01. The first kappa shape index (κ1) is 13.9. The summed E-state index contributed by atoms with van der Waals surface area (Å²) in [4.78, 5) is 4.27. The lowest BCUT2D eigenvalue weighted by Crippen LogP contribution is -1.88. The van der Waals surface area contributed by atoms with E-state index in [1.807, 2.05) is 24.3 Å². The zero-order valence-corrected chi connectivity index (χ0v) is 12.0. The van der Waals surface area contributed by atoms with Crippen molar-refractivity contribution in [2.24, 2.45) is 4.99 Å². The summed E-state index contributed by atoms with van der Waals surface area (Å²) in [7, 11) is 1.49. The first-order valence-corrected chi connectivity index (χ1v) is 6.81. The number of hydrogen-bond acceptors (Lipinski definition) is 4. The fourth-order valence-corrected chi connectivity index (χ4v) is 2.27. The van der Waals surface area contributed by atoms with Crippen LogP contribution in [0.1, 0.15) is 5.56 Å². The third kappa shape index (κ3) is 2.59. The second kappa shape index (κ2) is 5.77. The molecule has 0 aromatic heterocycles. The number of fused-ring (bicyclic) bond motifs is 1. The van der Waals surface area contributed by atoms with E-state index >= 15 is 0 Å². The van der Waals surface area contributed by atoms with E-state index in [1.54, 1.807) is 30.3 Å². The van der Waals surface area contributed by atoms with E-state index in [0.29, 0.717) is 17.0 Å². The number of benzene rings is 3. The highest BCUT2D eigenvalue weighted by atomic mass is 16.5. The maximum Gasteiger partial charge on any atom is 0.166 e. The predicted molar refractivity (Wildman–Crippen MR) is 87.5 cm³/mol. The molecule has 0 unspecified atom stereocenters. The summed E-state index contributed by atoms with van der Waals surface area (Å²) in [5.74, 6) is 0.498. The highest BCUT2D eigenvalue weighted by molar-refractivity contribution is 5.91. The van der Waals surface area contributed by atoms with Crippen molar-refractivity contribution < 1.29 is 14.9 Å². The van der Waals surface area contributed by atoms with Crippen LogP contribution in [0, 0.1) is 0 Å². The van der Waals surface area contributed by atoms with Crippen LogP contribution in [-0.4, -0.2) is 23.5 Å². The Morgan fingerprint density at radius 1 is 0.955 bits per heavy atom. The minimum atomic E-state index is 0.0222. The number of rotatable bonds is 3. The highest BCUT2D eigenvalue weighted by Crippen LogP contribution is 2.33. The molecule has 3 aromatic rings. The van der Waals surface area contributed by atoms with Gasteiger partial charge in [-0.25, -0.2) is 0 Å². The molecule has 4 nitrogen and oxygen atoms in total. The summed E-state index contributed by atoms with van der Waals surface area (Å²) in [5.41, 5.74) is 0.966. The molecule has 22 heavy (non-hydrogen) atoms. The molecule has 3 rings (SSSR count). The van der Waals surface area contributed by atoms with Crippen LogP contribution in [0.5, 0.6) is 17.2 Å². The standard InChI is InChI=1S/C18H15NO3/c1-22-17-8-4-7-14(18(17)21)11-19-15-9-12-5-2-3-6-13(12)10-16(15)20/h2-11,20-21H,1H3. The zero-order valence-electron chi connectivity index (χ0n) is 12.0. The second-order valence-electron chi connectivity index (χ2n) is 4.84. The molecule has 0 atom stereocenters. The maximum atomic E-state index is 10.1. The SMILES string of the molecule is COc1cccc(C=Nc2cc3ccccc3cc2O)c1O. The van der Waals surface area contributed by atoms with E-state index in [1.165, 1.54) is 13.3 Å². The molecule has 0 fully saturated rings. The molecular formula is C18H15NO3. The first-order valence-electron chi connectivity index (χ1n) is 6.81. The number of methoxy groups -OCH3 is 1. The zero-order chi connectivity index (χ0) is 15.5. The van der Waals surface area contributed by atoms with Crippen molar-refractivity contribution >= 4 is 22.7 Å². The quantitative estimate of drug-likeness (QED) is 0.717. The van der Waals surface area contributed by atoms with Crippen LogP contribution < -0.4 is 4.74 Å². The van der Waals surface area contributed by atoms with Gasteiger partial charge in [0.1, 0.15) is 11.4 Å².